The maximum absolute atomic E-state index is 12.6. The van der Waals surface area contributed by atoms with E-state index < -0.39 is 11.7 Å². The molecule has 0 bridgehead atoms. The molecule has 20 heavy (non-hydrogen) atoms. The average Bonchev–Trinajstić information content (AvgIpc) is 2.40. The monoisotopic (exact) mass is 340 g/mol. The summed E-state index contributed by atoms with van der Waals surface area (Å²) in [5.41, 5.74) is 0.660. The van der Waals surface area contributed by atoms with Crippen molar-refractivity contribution < 1.29 is 13.2 Å². The van der Waals surface area contributed by atoms with E-state index in [9.17, 15) is 13.2 Å². The number of halogens is 4. The molecule has 6 heteroatoms. The van der Waals surface area contributed by atoms with Gasteiger partial charge in [0, 0.05) is 10.2 Å². The fourth-order valence-electron chi connectivity index (χ4n) is 1.61. The average molecular weight is 341 g/mol. The van der Waals surface area contributed by atoms with Crippen molar-refractivity contribution in [2.75, 3.05) is 5.32 Å². The minimum atomic E-state index is -4.38. The molecule has 2 rings (SSSR count). The predicted molar refractivity (Wildman–Crippen MR) is 73.6 cm³/mol. The van der Waals surface area contributed by atoms with E-state index >= 15 is 0 Å². The molecule has 0 spiro atoms. The van der Waals surface area contributed by atoms with Gasteiger partial charge in [0.1, 0.15) is 0 Å². The van der Waals surface area contributed by atoms with Crippen LogP contribution < -0.4 is 5.32 Å². The third-order valence-corrected chi connectivity index (χ3v) is 3.22. The van der Waals surface area contributed by atoms with E-state index in [2.05, 4.69) is 21.2 Å². The number of nitrogens with one attached hydrogen (secondary N) is 1. The highest BCUT2D eigenvalue weighted by atomic mass is 79.9. The molecule has 102 valence electrons. The van der Waals surface area contributed by atoms with E-state index in [0.717, 1.165) is 12.1 Å². The van der Waals surface area contributed by atoms with Crippen LogP contribution in [0.1, 0.15) is 11.1 Å². The highest BCUT2D eigenvalue weighted by molar-refractivity contribution is 9.10. The lowest BCUT2D eigenvalue weighted by molar-refractivity contribution is -0.137. The maximum atomic E-state index is 12.6. The topological polar surface area (TPSA) is 35.8 Å². The summed E-state index contributed by atoms with van der Waals surface area (Å²) in [5, 5.41) is 11.6. The SMILES string of the molecule is N#Cc1ccc(Nc2cccc(C(F)(F)F)c2)c(Br)c1. The molecule has 0 radical (unpaired) electrons. The summed E-state index contributed by atoms with van der Waals surface area (Å²) in [6.07, 6.45) is -4.38. The molecule has 0 aliphatic heterocycles. The Morgan fingerprint density at radius 3 is 2.45 bits per heavy atom. The van der Waals surface area contributed by atoms with E-state index in [-0.39, 0.29) is 0 Å². The molecule has 0 unspecified atom stereocenters. The fraction of sp³-hybridized carbons (Fsp3) is 0.0714. The second kappa shape index (κ2) is 5.55. The van der Waals surface area contributed by atoms with Crippen LogP contribution in [-0.4, -0.2) is 0 Å². The second-order valence-corrected chi connectivity index (χ2v) is 4.86. The third kappa shape index (κ3) is 3.31. The Labute approximate surface area is 122 Å². The molecule has 0 fully saturated rings. The first-order chi connectivity index (χ1) is 9.40. The van der Waals surface area contributed by atoms with Crippen LogP contribution >= 0.6 is 15.9 Å². The highest BCUT2D eigenvalue weighted by Crippen LogP contribution is 2.32. The normalized spacial score (nSPS) is 10.9. The number of benzene rings is 2. The second-order valence-electron chi connectivity index (χ2n) is 4.01. The van der Waals surface area contributed by atoms with Crippen LogP contribution in [0.3, 0.4) is 0 Å². The fourth-order valence-corrected chi connectivity index (χ4v) is 2.09. The first-order valence-corrected chi connectivity index (χ1v) is 6.33. The summed E-state index contributed by atoms with van der Waals surface area (Å²) in [5.74, 6) is 0. The summed E-state index contributed by atoms with van der Waals surface area (Å²) >= 11 is 3.27. The Morgan fingerprint density at radius 1 is 1.10 bits per heavy atom. The van der Waals surface area contributed by atoms with Gasteiger partial charge in [0.2, 0.25) is 0 Å². The van der Waals surface area contributed by atoms with Gasteiger partial charge in [-0.3, -0.25) is 0 Å². The van der Waals surface area contributed by atoms with E-state index in [4.69, 9.17) is 5.26 Å². The molecule has 2 aromatic rings. The van der Waals surface area contributed by atoms with Gasteiger partial charge in [-0.1, -0.05) is 6.07 Å². The zero-order valence-corrected chi connectivity index (χ0v) is 11.6. The molecule has 2 aromatic carbocycles. The first-order valence-electron chi connectivity index (χ1n) is 5.54. The molecule has 0 aliphatic rings. The van der Waals surface area contributed by atoms with Crippen molar-refractivity contribution in [1.29, 1.82) is 5.26 Å². The van der Waals surface area contributed by atoms with Gasteiger partial charge in [0.25, 0.3) is 0 Å². The van der Waals surface area contributed by atoms with Gasteiger partial charge < -0.3 is 5.32 Å². The minimum Gasteiger partial charge on any atom is -0.355 e. The molecule has 2 nitrogen and oxygen atoms in total. The largest absolute Gasteiger partial charge is 0.416 e. The standard InChI is InChI=1S/C14H8BrF3N2/c15-12-6-9(8-19)4-5-13(12)20-11-3-1-2-10(7-11)14(16,17)18/h1-7,20H. The Bertz CT molecular complexity index is 675. The number of hydrogen-bond acceptors (Lipinski definition) is 2. The maximum Gasteiger partial charge on any atom is 0.416 e. The smallest absolute Gasteiger partial charge is 0.355 e. The summed E-state index contributed by atoms with van der Waals surface area (Å²) in [6.45, 7) is 0. The van der Waals surface area contributed by atoms with Crippen LogP contribution in [0.5, 0.6) is 0 Å². The van der Waals surface area contributed by atoms with Gasteiger partial charge in [-0.15, -0.1) is 0 Å². The highest BCUT2D eigenvalue weighted by Gasteiger charge is 2.30. The van der Waals surface area contributed by atoms with Crippen LogP contribution in [0.25, 0.3) is 0 Å². The van der Waals surface area contributed by atoms with E-state index in [1.807, 2.05) is 6.07 Å². The van der Waals surface area contributed by atoms with Crippen molar-refractivity contribution >= 4 is 27.3 Å². The van der Waals surface area contributed by atoms with Crippen molar-refractivity contribution in [3.05, 3.63) is 58.1 Å². The summed E-state index contributed by atoms with van der Waals surface area (Å²) in [7, 11) is 0. The lowest BCUT2D eigenvalue weighted by atomic mass is 10.1. The van der Waals surface area contributed by atoms with Gasteiger partial charge >= 0.3 is 6.18 Å². The number of hydrogen-bond donors (Lipinski definition) is 1. The summed E-state index contributed by atoms with van der Waals surface area (Å²) in [6, 6.07) is 11.7. The van der Waals surface area contributed by atoms with Crippen LogP contribution in [-0.2, 0) is 6.18 Å². The zero-order valence-electron chi connectivity index (χ0n) is 10.0. The van der Waals surface area contributed by atoms with Crippen molar-refractivity contribution in [3.63, 3.8) is 0 Å². The van der Waals surface area contributed by atoms with Crippen LogP contribution in [0, 0.1) is 11.3 Å². The van der Waals surface area contributed by atoms with E-state index in [1.165, 1.54) is 6.07 Å². The van der Waals surface area contributed by atoms with Crippen LogP contribution in [0.15, 0.2) is 46.9 Å². The van der Waals surface area contributed by atoms with Crippen molar-refractivity contribution in [3.8, 4) is 6.07 Å². The van der Waals surface area contributed by atoms with Gasteiger partial charge in [-0.05, 0) is 52.3 Å². The third-order valence-electron chi connectivity index (χ3n) is 2.57. The zero-order chi connectivity index (χ0) is 14.8. The lowest BCUT2D eigenvalue weighted by Gasteiger charge is -2.11. The van der Waals surface area contributed by atoms with Gasteiger partial charge in [-0.25, -0.2) is 0 Å². The molecular formula is C14H8BrF3N2. The first kappa shape index (κ1) is 14.4. The number of anilines is 2. The predicted octanol–water partition coefficient (Wildman–Crippen LogP) is 5.08. The quantitative estimate of drug-likeness (QED) is 0.827. The number of nitriles is 1. The molecular weight excluding hydrogens is 333 g/mol. The summed E-state index contributed by atoms with van der Waals surface area (Å²) < 4.78 is 38.4. The van der Waals surface area contributed by atoms with E-state index in [0.29, 0.717) is 21.4 Å². The molecule has 0 atom stereocenters. The van der Waals surface area contributed by atoms with Gasteiger partial charge in [0.15, 0.2) is 0 Å². The van der Waals surface area contributed by atoms with Crippen molar-refractivity contribution in [2.24, 2.45) is 0 Å². The molecule has 0 amide bonds. The van der Waals surface area contributed by atoms with Crippen molar-refractivity contribution in [2.45, 2.75) is 6.18 Å². The minimum absolute atomic E-state index is 0.324. The van der Waals surface area contributed by atoms with Gasteiger partial charge in [0.05, 0.1) is 22.9 Å². The molecule has 0 heterocycles. The van der Waals surface area contributed by atoms with Crippen molar-refractivity contribution in [1.82, 2.24) is 0 Å². The molecule has 0 aliphatic carbocycles. The molecule has 0 saturated carbocycles. The van der Waals surface area contributed by atoms with Crippen LogP contribution in [0.4, 0.5) is 24.5 Å². The Morgan fingerprint density at radius 2 is 1.85 bits per heavy atom. The number of alkyl halides is 3. The van der Waals surface area contributed by atoms with E-state index in [1.54, 1.807) is 24.3 Å². The lowest BCUT2D eigenvalue weighted by Crippen LogP contribution is -2.05. The molecule has 0 aromatic heterocycles. The number of nitrogens with zero attached hydrogens (tertiary/aromatic N) is 1. The number of rotatable bonds is 2. The Hall–Kier alpha value is -2.00. The molecule has 0 saturated heterocycles. The van der Waals surface area contributed by atoms with Crippen LogP contribution in [0.2, 0.25) is 0 Å². The summed E-state index contributed by atoms with van der Waals surface area (Å²) in [4.78, 5) is 0. The Balaban J connectivity index is 2.29. The molecule has 1 N–H and O–H groups in total. The van der Waals surface area contributed by atoms with Gasteiger partial charge in [-0.2, -0.15) is 18.4 Å². The Kier molecular flexibility index (Phi) is 4.00.